The standard InChI is InChI=1S/C30H36N2S2.C12H8N2O4.2CHNS.Ru/c1-3-5-7-9-11-25-13-15-29(33-25)23-17-19-31-27(21-23)28-22-24(18-20-32-28)30-16-14-26(34-30)12-10-8-6-4-2;15-11(16)7-1-3-13-9(5-7)10-6-8(12(17)18)2-4-14-10;2*2-1-3;/h13-22H,3-12H2,1-2H3;1-6H,(H,15,16)(H,17,18);2*3H;/q;;;;+2/p-2. The Hall–Kier alpha value is -5.02. The van der Waals surface area contributed by atoms with Gasteiger partial charge in [-0.25, -0.2) is 20.1 Å². The molecule has 0 unspecified atom stereocenters. The number of aromatic nitrogens is 4. The largest absolute Gasteiger partial charge is 2.00 e. The Bertz CT molecular complexity index is 2130. The number of carboxylic acids is 2. The molecular formula is C44H44N6O4RuS4. The summed E-state index contributed by atoms with van der Waals surface area (Å²) in [4.78, 5) is 44.5. The van der Waals surface area contributed by atoms with E-state index in [2.05, 4.69) is 108 Å². The predicted molar refractivity (Wildman–Crippen MR) is 237 cm³/mol. The summed E-state index contributed by atoms with van der Waals surface area (Å²) >= 11 is 11.2. The number of thiophene rings is 2. The van der Waals surface area contributed by atoms with E-state index in [9.17, 15) is 9.59 Å². The van der Waals surface area contributed by atoms with Crippen molar-refractivity contribution in [3.8, 4) is 54.5 Å². The van der Waals surface area contributed by atoms with E-state index in [-0.39, 0.29) is 30.6 Å². The summed E-state index contributed by atoms with van der Waals surface area (Å²) in [6, 6.07) is 23.1. The summed E-state index contributed by atoms with van der Waals surface area (Å²) in [5.74, 6) is -2.15. The molecule has 0 fully saturated rings. The van der Waals surface area contributed by atoms with Crippen LogP contribution in [0.4, 0.5) is 0 Å². The summed E-state index contributed by atoms with van der Waals surface area (Å²) in [5, 5.41) is 34.6. The van der Waals surface area contributed by atoms with E-state index in [1.807, 2.05) is 35.1 Å². The van der Waals surface area contributed by atoms with Crippen LogP contribution >= 0.6 is 22.7 Å². The van der Waals surface area contributed by atoms with Crippen molar-refractivity contribution in [2.75, 3.05) is 0 Å². The number of carbonyl (C=O) groups is 2. The van der Waals surface area contributed by atoms with Crippen LogP contribution in [0.15, 0.2) is 97.6 Å². The van der Waals surface area contributed by atoms with E-state index in [4.69, 9.17) is 20.7 Å². The molecule has 0 aliphatic rings. The van der Waals surface area contributed by atoms with Gasteiger partial charge < -0.3 is 35.5 Å². The molecule has 6 rings (SSSR count). The number of aryl methyl sites for hydroxylation is 2. The number of thiocyanates is 2. The topological polar surface area (TPSA) is 174 Å². The molecule has 2 N–H and O–H groups in total. The zero-order valence-corrected chi connectivity index (χ0v) is 37.7. The first-order chi connectivity index (χ1) is 28.2. The van der Waals surface area contributed by atoms with Gasteiger partial charge in [0.1, 0.15) is 0 Å². The van der Waals surface area contributed by atoms with Gasteiger partial charge in [-0.1, -0.05) is 63.2 Å². The summed E-state index contributed by atoms with van der Waals surface area (Å²) in [6.45, 7) is 4.53. The Kier molecular flexibility index (Phi) is 24.1. The number of nitriles is 2. The van der Waals surface area contributed by atoms with Crippen molar-refractivity contribution in [1.29, 1.82) is 10.5 Å². The Labute approximate surface area is 378 Å². The number of nitrogens with zero attached hydrogens (tertiary/aromatic N) is 6. The van der Waals surface area contributed by atoms with Gasteiger partial charge >= 0.3 is 31.4 Å². The summed E-state index contributed by atoms with van der Waals surface area (Å²) < 4.78 is 0. The van der Waals surface area contributed by atoms with E-state index in [1.165, 1.54) is 142 Å². The van der Waals surface area contributed by atoms with Gasteiger partial charge in [0.15, 0.2) is 0 Å². The van der Waals surface area contributed by atoms with Crippen LogP contribution in [-0.2, 0) is 57.6 Å². The van der Waals surface area contributed by atoms with Crippen molar-refractivity contribution in [3.05, 3.63) is 118 Å². The van der Waals surface area contributed by atoms with Crippen molar-refractivity contribution in [3.63, 3.8) is 0 Å². The minimum absolute atomic E-state index is 0. The van der Waals surface area contributed by atoms with Crippen LogP contribution in [0.5, 0.6) is 0 Å². The second-order valence-corrected chi connectivity index (χ2v) is 15.4. The van der Waals surface area contributed by atoms with Crippen molar-refractivity contribution >= 4 is 59.9 Å². The Morgan fingerprint density at radius 2 is 0.898 bits per heavy atom. The number of aromatic carboxylic acids is 2. The van der Waals surface area contributed by atoms with E-state index >= 15 is 0 Å². The van der Waals surface area contributed by atoms with Crippen LogP contribution < -0.4 is 0 Å². The molecule has 6 aromatic rings. The number of carboxylic acid groups (broad SMARTS) is 2. The average molecular weight is 950 g/mol. The van der Waals surface area contributed by atoms with Crippen molar-refractivity contribution in [1.82, 2.24) is 19.9 Å². The molecule has 6 heterocycles. The normalized spacial score (nSPS) is 9.76. The molecule has 306 valence electrons. The SMILES string of the molecule is CCCCCCc1ccc(-c2ccnc(-c3cc(-c4ccc(CCCCCC)s4)ccn3)c2)s1.N#C[S-].N#C[S-].O=C(O)c1ccnc(-c2cc(C(=O)O)ccn2)c1.[Ru+2]. The van der Waals surface area contributed by atoms with Crippen molar-refractivity contribution < 1.29 is 39.3 Å². The second-order valence-electron chi connectivity index (χ2n) is 12.7. The zero-order chi connectivity index (χ0) is 42.1. The molecule has 15 heteroatoms. The molecule has 10 nitrogen and oxygen atoms in total. The third kappa shape index (κ3) is 17.4. The van der Waals surface area contributed by atoms with E-state index in [1.54, 1.807) is 0 Å². The molecule has 0 atom stereocenters. The summed E-state index contributed by atoms with van der Waals surface area (Å²) in [5.41, 5.74) is 5.11. The minimum atomic E-state index is -1.08. The monoisotopic (exact) mass is 950 g/mol. The Morgan fingerprint density at radius 1 is 0.559 bits per heavy atom. The fraction of sp³-hybridized carbons (Fsp3) is 0.273. The summed E-state index contributed by atoms with van der Waals surface area (Å²) in [6.07, 6.45) is 19.4. The fourth-order valence-electron chi connectivity index (χ4n) is 5.64. The molecule has 0 bridgehead atoms. The van der Waals surface area contributed by atoms with E-state index in [0.29, 0.717) is 11.4 Å². The molecule has 0 aliphatic heterocycles. The third-order valence-corrected chi connectivity index (χ3v) is 10.9. The second kappa shape index (κ2) is 28.4. The summed E-state index contributed by atoms with van der Waals surface area (Å²) in [7, 11) is 0. The Morgan fingerprint density at radius 3 is 1.24 bits per heavy atom. The molecule has 0 amide bonds. The van der Waals surface area contributed by atoms with Gasteiger partial charge in [-0.15, -0.1) is 22.7 Å². The van der Waals surface area contributed by atoms with Gasteiger partial charge in [-0.05, 0) is 110 Å². The molecular weight excluding hydrogens is 906 g/mol. The van der Waals surface area contributed by atoms with Gasteiger partial charge in [0.2, 0.25) is 0 Å². The van der Waals surface area contributed by atoms with Crippen LogP contribution in [0.25, 0.3) is 43.7 Å². The fourth-order valence-corrected chi connectivity index (χ4v) is 7.73. The van der Waals surface area contributed by atoms with Crippen LogP contribution in [0.3, 0.4) is 0 Å². The van der Waals surface area contributed by atoms with Crippen LogP contribution in [0.1, 0.15) is 95.7 Å². The maximum Gasteiger partial charge on any atom is 2.00 e. The molecule has 0 spiro atoms. The minimum Gasteiger partial charge on any atom is -0.696 e. The van der Waals surface area contributed by atoms with Gasteiger partial charge in [0, 0.05) is 44.3 Å². The van der Waals surface area contributed by atoms with E-state index in [0.717, 1.165) is 11.4 Å². The predicted octanol–water partition coefficient (Wildman–Crippen LogP) is 11.4. The smallest absolute Gasteiger partial charge is 0.696 e. The maximum atomic E-state index is 10.8. The van der Waals surface area contributed by atoms with Crippen LogP contribution in [0.2, 0.25) is 0 Å². The number of pyridine rings is 4. The molecule has 0 saturated carbocycles. The van der Waals surface area contributed by atoms with Crippen LogP contribution in [-0.4, -0.2) is 42.1 Å². The molecule has 6 aromatic heterocycles. The number of hydrogen-bond donors (Lipinski definition) is 2. The van der Waals surface area contributed by atoms with Crippen molar-refractivity contribution in [2.24, 2.45) is 0 Å². The van der Waals surface area contributed by atoms with Gasteiger partial charge in [0.05, 0.1) is 33.9 Å². The molecule has 0 aliphatic carbocycles. The Balaban J connectivity index is 0.000000403. The zero-order valence-electron chi connectivity index (χ0n) is 32.7. The first kappa shape index (κ1) is 50.1. The molecule has 0 aromatic carbocycles. The third-order valence-electron chi connectivity index (χ3n) is 8.50. The van der Waals surface area contributed by atoms with Gasteiger partial charge in [0.25, 0.3) is 0 Å². The van der Waals surface area contributed by atoms with E-state index < -0.39 is 11.9 Å². The number of rotatable bonds is 16. The number of hydrogen-bond acceptors (Lipinski definition) is 12. The van der Waals surface area contributed by atoms with Gasteiger partial charge in [-0.2, -0.15) is 0 Å². The molecule has 0 saturated heterocycles. The number of unbranched alkanes of at least 4 members (excludes halogenated alkanes) is 6. The molecule has 59 heavy (non-hydrogen) atoms. The first-order valence-corrected chi connectivity index (χ1v) is 21.1. The maximum absolute atomic E-state index is 10.8. The van der Waals surface area contributed by atoms with Crippen LogP contribution in [0, 0.1) is 21.3 Å². The first-order valence-electron chi connectivity index (χ1n) is 18.7. The average Bonchev–Trinajstić information content (AvgIpc) is 3.93. The van der Waals surface area contributed by atoms with Gasteiger partial charge in [-0.3, -0.25) is 19.9 Å². The van der Waals surface area contributed by atoms with Crippen molar-refractivity contribution in [2.45, 2.75) is 78.1 Å². The molecule has 0 radical (unpaired) electrons. The quantitative estimate of drug-likeness (QED) is 0.0407.